The molecule has 0 aliphatic rings. The Balaban J connectivity index is 1.30. The molecule has 0 heterocycles. The minimum absolute atomic E-state index is 1.07. The minimum atomic E-state index is 1.07. The first-order chi connectivity index (χ1) is 17.7. The molecular formula is C36H30. The molecule has 6 aromatic carbocycles. The quantitative estimate of drug-likeness (QED) is 0.239. The maximum atomic E-state index is 2.34. The molecule has 0 heteroatoms. The van der Waals surface area contributed by atoms with E-state index in [1.54, 1.807) is 0 Å². The van der Waals surface area contributed by atoms with E-state index in [-0.39, 0.29) is 0 Å². The van der Waals surface area contributed by atoms with Crippen molar-refractivity contribution in [3.8, 4) is 33.4 Å². The zero-order valence-corrected chi connectivity index (χ0v) is 21.0. The maximum Gasteiger partial charge on any atom is -0.0177 e. The van der Waals surface area contributed by atoms with E-state index < -0.39 is 0 Å². The summed E-state index contributed by atoms with van der Waals surface area (Å²) in [5.74, 6) is 0. The average Bonchev–Trinajstić information content (AvgIpc) is 2.96. The Morgan fingerprint density at radius 3 is 1.22 bits per heavy atom. The number of fused-ring (bicyclic) bond motifs is 2. The third-order valence-corrected chi connectivity index (χ3v) is 7.34. The van der Waals surface area contributed by atoms with Crippen LogP contribution in [0.5, 0.6) is 0 Å². The normalized spacial score (nSPS) is 11.3. The van der Waals surface area contributed by atoms with E-state index >= 15 is 0 Å². The highest BCUT2D eigenvalue weighted by molar-refractivity contribution is 5.91. The number of hydrogen-bond donors (Lipinski definition) is 0. The zero-order valence-electron chi connectivity index (χ0n) is 21.0. The van der Waals surface area contributed by atoms with Gasteiger partial charge in [0.15, 0.2) is 0 Å². The van der Waals surface area contributed by atoms with Gasteiger partial charge in [0.25, 0.3) is 0 Å². The van der Waals surface area contributed by atoms with E-state index in [2.05, 4.69) is 135 Å². The van der Waals surface area contributed by atoms with E-state index in [0.717, 1.165) is 12.8 Å². The van der Waals surface area contributed by atoms with Gasteiger partial charge in [-0.15, -0.1) is 0 Å². The second kappa shape index (κ2) is 9.47. The van der Waals surface area contributed by atoms with Crippen molar-refractivity contribution in [3.63, 3.8) is 0 Å². The monoisotopic (exact) mass is 462 g/mol. The van der Waals surface area contributed by atoms with Crippen LogP contribution in [-0.4, -0.2) is 0 Å². The molecule has 174 valence electrons. The predicted molar refractivity (Wildman–Crippen MR) is 157 cm³/mol. The summed E-state index contributed by atoms with van der Waals surface area (Å²) in [5.41, 5.74) is 10.4. The summed E-state index contributed by atoms with van der Waals surface area (Å²) in [4.78, 5) is 0. The van der Waals surface area contributed by atoms with Gasteiger partial charge < -0.3 is 0 Å². The van der Waals surface area contributed by atoms with E-state index in [4.69, 9.17) is 0 Å². The third-order valence-electron chi connectivity index (χ3n) is 7.34. The fourth-order valence-electron chi connectivity index (χ4n) is 5.17. The van der Waals surface area contributed by atoms with Gasteiger partial charge in [-0.25, -0.2) is 0 Å². The van der Waals surface area contributed by atoms with Gasteiger partial charge in [-0.3, -0.25) is 0 Å². The molecule has 0 aromatic heterocycles. The van der Waals surface area contributed by atoms with Gasteiger partial charge in [-0.1, -0.05) is 117 Å². The van der Waals surface area contributed by atoms with Crippen LogP contribution in [0.3, 0.4) is 0 Å². The molecule has 0 saturated carbocycles. The lowest BCUT2D eigenvalue weighted by atomic mass is 9.94. The first kappa shape index (κ1) is 22.3. The lowest BCUT2D eigenvalue weighted by Gasteiger charge is -2.11. The van der Waals surface area contributed by atoms with Crippen molar-refractivity contribution >= 4 is 21.5 Å². The lowest BCUT2D eigenvalue weighted by Crippen LogP contribution is -1.89. The Labute approximate surface area is 213 Å². The van der Waals surface area contributed by atoms with E-state index in [9.17, 15) is 0 Å². The molecular weight excluding hydrogens is 432 g/mol. The van der Waals surface area contributed by atoms with Crippen molar-refractivity contribution < 1.29 is 0 Å². The topological polar surface area (TPSA) is 0 Å². The molecule has 0 amide bonds. The van der Waals surface area contributed by atoms with Crippen LogP contribution in [-0.2, 0) is 12.8 Å². The fourth-order valence-corrected chi connectivity index (χ4v) is 5.17. The molecule has 0 atom stereocenters. The molecule has 36 heavy (non-hydrogen) atoms. The second-order valence-electron chi connectivity index (χ2n) is 9.66. The number of hydrogen-bond acceptors (Lipinski definition) is 0. The fraction of sp³-hybridized carbons (Fsp3) is 0.111. The van der Waals surface area contributed by atoms with Gasteiger partial charge in [0.2, 0.25) is 0 Å². The van der Waals surface area contributed by atoms with Gasteiger partial charge in [0.1, 0.15) is 0 Å². The highest BCUT2D eigenvalue weighted by Gasteiger charge is 2.06. The molecule has 0 radical (unpaired) electrons. The van der Waals surface area contributed by atoms with Gasteiger partial charge in [-0.2, -0.15) is 0 Å². The molecule has 0 aliphatic heterocycles. The molecule has 0 bridgehead atoms. The van der Waals surface area contributed by atoms with Crippen LogP contribution in [0.2, 0.25) is 0 Å². The number of rotatable bonds is 5. The van der Waals surface area contributed by atoms with Crippen molar-refractivity contribution in [1.29, 1.82) is 0 Å². The smallest absolute Gasteiger partial charge is 0.0177 e. The molecule has 0 unspecified atom stereocenters. The number of aryl methyl sites for hydroxylation is 2. The number of benzene rings is 6. The summed E-state index contributed by atoms with van der Waals surface area (Å²) >= 11 is 0. The van der Waals surface area contributed by atoms with Crippen LogP contribution in [0, 0.1) is 0 Å². The minimum Gasteiger partial charge on any atom is -0.0616 e. The molecule has 0 N–H and O–H groups in total. The van der Waals surface area contributed by atoms with Crippen LogP contribution in [0.25, 0.3) is 54.9 Å². The summed E-state index contributed by atoms with van der Waals surface area (Å²) in [6.07, 6.45) is 2.13. The Bertz CT molecular complexity index is 1660. The standard InChI is InChI=1S/C36H30/c1-3-25-19-26(4-2)21-36(20-25)35-18-17-33-23-32(15-16-34(33)24-35)29-11-9-28(10-12-29)31-14-13-27-7-5-6-8-30(27)22-31/h5-24H,3-4H2,1-2H3. The molecule has 6 rings (SSSR count). The zero-order chi connectivity index (χ0) is 24.5. The first-order valence-corrected chi connectivity index (χ1v) is 13.0. The van der Waals surface area contributed by atoms with Crippen LogP contribution in [0.1, 0.15) is 25.0 Å². The van der Waals surface area contributed by atoms with E-state index in [1.165, 1.54) is 66.1 Å². The predicted octanol–water partition coefficient (Wildman–Crippen LogP) is 10.1. The Morgan fingerprint density at radius 1 is 0.333 bits per heavy atom. The van der Waals surface area contributed by atoms with Crippen molar-refractivity contribution in [2.45, 2.75) is 26.7 Å². The van der Waals surface area contributed by atoms with E-state index in [1.807, 2.05) is 0 Å². The van der Waals surface area contributed by atoms with Crippen molar-refractivity contribution in [2.24, 2.45) is 0 Å². The summed E-state index contributed by atoms with van der Waals surface area (Å²) in [7, 11) is 0. The highest BCUT2D eigenvalue weighted by atomic mass is 14.1. The van der Waals surface area contributed by atoms with Gasteiger partial charge in [-0.05, 0) is 97.1 Å². The van der Waals surface area contributed by atoms with Crippen LogP contribution in [0.15, 0.2) is 121 Å². The first-order valence-electron chi connectivity index (χ1n) is 13.0. The Morgan fingerprint density at radius 2 is 0.722 bits per heavy atom. The van der Waals surface area contributed by atoms with E-state index in [0.29, 0.717) is 0 Å². The lowest BCUT2D eigenvalue weighted by molar-refractivity contribution is 1.09. The third kappa shape index (κ3) is 4.32. The molecule has 0 nitrogen and oxygen atoms in total. The molecule has 0 aliphatic carbocycles. The summed E-state index contributed by atoms with van der Waals surface area (Å²) in [6, 6.07) is 44.9. The van der Waals surface area contributed by atoms with Gasteiger partial charge >= 0.3 is 0 Å². The van der Waals surface area contributed by atoms with Crippen LogP contribution >= 0.6 is 0 Å². The largest absolute Gasteiger partial charge is 0.0616 e. The molecule has 0 spiro atoms. The van der Waals surface area contributed by atoms with Crippen molar-refractivity contribution in [1.82, 2.24) is 0 Å². The van der Waals surface area contributed by atoms with Gasteiger partial charge in [0, 0.05) is 0 Å². The average molecular weight is 463 g/mol. The maximum absolute atomic E-state index is 2.34. The Kier molecular flexibility index (Phi) is 5.87. The van der Waals surface area contributed by atoms with Crippen molar-refractivity contribution in [3.05, 3.63) is 132 Å². The summed E-state index contributed by atoms with van der Waals surface area (Å²) in [6.45, 7) is 4.46. The Hall–Kier alpha value is -4.16. The molecule has 6 aromatic rings. The summed E-state index contributed by atoms with van der Waals surface area (Å²) < 4.78 is 0. The molecule has 0 fully saturated rings. The SMILES string of the molecule is CCc1cc(CC)cc(-c2ccc3cc(-c4ccc(-c5ccc6ccccc6c5)cc4)ccc3c2)c1. The van der Waals surface area contributed by atoms with Gasteiger partial charge in [0.05, 0.1) is 0 Å². The van der Waals surface area contributed by atoms with Crippen molar-refractivity contribution in [2.75, 3.05) is 0 Å². The summed E-state index contributed by atoms with van der Waals surface area (Å²) in [5, 5.41) is 5.11. The molecule has 0 saturated heterocycles. The van der Waals surface area contributed by atoms with Crippen LogP contribution < -0.4 is 0 Å². The van der Waals surface area contributed by atoms with Crippen LogP contribution in [0.4, 0.5) is 0 Å². The highest BCUT2D eigenvalue weighted by Crippen LogP contribution is 2.31. The second-order valence-corrected chi connectivity index (χ2v) is 9.66.